The summed E-state index contributed by atoms with van der Waals surface area (Å²) in [5.74, 6) is -0.199. The summed E-state index contributed by atoms with van der Waals surface area (Å²) in [6.45, 7) is 3.65. The molecule has 2 N–H and O–H groups in total. The highest BCUT2D eigenvalue weighted by molar-refractivity contribution is 14.0. The highest BCUT2D eigenvalue weighted by Gasteiger charge is 2.31. The number of anilines is 1. The number of amides is 1. The van der Waals surface area contributed by atoms with E-state index in [1.165, 1.54) is 18.2 Å². The van der Waals surface area contributed by atoms with Gasteiger partial charge in [0.15, 0.2) is 5.96 Å². The molecular formula is C22H35F2IN6O. The van der Waals surface area contributed by atoms with Crippen LogP contribution in [0.3, 0.4) is 0 Å². The van der Waals surface area contributed by atoms with E-state index in [1.807, 2.05) is 0 Å². The van der Waals surface area contributed by atoms with E-state index < -0.39 is 11.6 Å². The minimum absolute atomic E-state index is 0. The van der Waals surface area contributed by atoms with E-state index in [1.54, 1.807) is 30.9 Å². The molecule has 180 valence electrons. The Kier molecular flexibility index (Phi) is 10.4. The van der Waals surface area contributed by atoms with Crippen molar-refractivity contribution in [2.75, 3.05) is 58.8 Å². The zero-order valence-electron chi connectivity index (χ0n) is 19.1. The normalized spacial score (nSPS) is 21.4. The lowest BCUT2D eigenvalue weighted by molar-refractivity contribution is -0.133. The molecule has 0 aliphatic carbocycles. The van der Waals surface area contributed by atoms with E-state index >= 15 is 0 Å². The van der Waals surface area contributed by atoms with Gasteiger partial charge in [-0.05, 0) is 44.4 Å². The second-order valence-electron chi connectivity index (χ2n) is 8.43. The summed E-state index contributed by atoms with van der Waals surface area (Å²) in [7, 11) is 5.33. The average Bonchev–Trinajstić information content (AvgIpc) is 3.39. The molecule has 1 aromatic rings. The van der Waals surface area contributed by atoms with Gasteiger partial charge in [0.05, 0.1) is 6.04 Å². The molecule has 0 saturated carbocycles. The predicted octanol–water partition coefficient (Wildman–Crippen LogP) is 2.27. The van der Waals surface area contributed by atoms with Crippen LogP contribution < -0.4 is 15.5 Å². The number of carbonyl (C=O) groups is 1. The first-order chi connectivity index (χ1) is 14.9. The number of likely N-dealkylation sites (N-methyl/N-ethyl adjacent to an activating group) is 1. The van der Waals surface area contributed by atoms with E-state index in [0.717, 1.165) is 45.3 Å². The molecule has 0 aromatic heterocycles. The molecule has 0 spiro atoms. The monoisotopic (exact) mass is 564 g/mol. The van der Waals surface area contributed by atoms with Gasteiger partial charge in [0.25, 0.3) is 0 Å². The second kappa shape index (κ2) is 12.5. The van der Waals surface area contributed by atoms with Crippen LogP contribution in [0.4, 0.5) is 14.5 Å². The zero-order chi connectivity index (χ0) is 22.4. The Hall–Kier alpha value is -1.69. The molecule has 10 heteroatoms. The second-order valence-corrected chi connectivity index (χ2v) is 8.43. The minimum atomic E-state index is -0.531. The fraction of sp³-hybridized carbons (Fsp3) is 0.636. The Morgan fingerprint density at radius 2 is 1.94 bits per heavy atom. The van der Waals surface area contributed by atoms with E-state index in [9.17, 15) is 13.6 Å². The van der Waals surface area contributed by atoms with Crippen LogP contribution in [0, 0.1) is 11.6 Å². The number of guanidine groups is 1. The third-order valence-corrected chi connectivity index (χ3v) is 6.01. The van der Waals surface area contributed by atoms with Crippen LogP contribution in [0.25, 0.3) is 0 Å². The van der Waals surface area contributed by atoms with Crippen molar-refractivity contribution in [2.24, 2.45) is 4.99 Å². The lowest BCUT2D eigenvalue weighted by Crippen LogP contribution is -2.46. The van der Waals surface area contributed by atoms with Crippen LogP contribution >= 0.6 is 24.0 Å². The van der Waals surface area contributed by atoms with Crippen molar-refractivity contribution < 1.29 is 13.6 Å². The van der Waals surface area contributed by atoms with Gasteiger partial charge in [-0.1, -0.05) is 6.07 Å². The molecule has 0 radical (unpaired) electrons. The van der Waals surface area contributed by atoms with E-state index in [4.69, 9.17) is 0 Å². The van der Waals surface area contributed by atoms with Crippen LogP contribution in [-0.2, 0) is 4.79 Å². The Morgan fingerprint density at radius 1 is 1.22 bits per heavy atom. The largest absolute Gasteiger partial charge is 0.365 e. The van der Waals surface area contributed by atoms with E-state index in [-0.39, 0.29) is 47.7 Å². The number of nitrogens with zero attached hydrogens (tertiary/aromatic N) is 4. The van der Waals surface area contributed by atoms with Gasteiger partial charge in [0, 0.05) is 53.4 Å². The van der Waals surface area contributed by atoms with Crippen molar-refractivity contribution in [1.29, 1.82) is 0 Å². The summed E-state index contributed by atoms with van der Waals surface area (Å²) < 4.78 is 28.1. The maximum Gasteiger partial charge on any atom is 0.239 e. The smallest absolute Gasteiger partial charge is 0.239 e. The molecule has 0 bridgehead atoms. The molecule has 2 fully saturated rings. The van der Waals surface area contributed by atoms with Crippen LogP contribution in [0.2, 0.25) is 0 Å². The number of carbonyl (C=O) groups excluding carboxylic acids is 1. The Balaban J connectivity index is 0.00000363. The van der Waals surface area contributed by atoms with Gasteiger partial charge < -0.3 is 20.4 Å². The Bertz CT molecular complexity index is 773. The molecule has 1 amide bonds. The SMILES string of the molecule is CN=C(NCCCN1CCCC1C(=O)N(C)C)NC1CCN(c2c(F)cccc2F)C1.I. The van der Waals surface area contributed by atoms with Crippen molar-refractivity contribution in [2.45, 2.75) is 37.8 Å². The lowest BCUT2D eigenvalue weighted by Gasteiger charge is -2.26. The summed E-state index contributed by atoms with van der Waals surface area (Å²) in [4.78, 5) is 22.2. The molecule has 32 heavy (non-hydrogen) atoms. The van der Waals surface area contributed by atoms with Crippen molar-refractivity contribution >= 4 is 41.5 Å². The fourth-order valence-corrected chi connectivity index (χ4v) is 4.42. The highest BCUT2D eigenvalue weighted by Crippen LogP contribution is 2.26. The van der Waals surface area contributed by atoms with Crippen LogP contribution in [-0.4, -0.2) is 87.6 Å². The molecule has 1 aromatic carbocycles. The fourth-order valence-electron chi connectivity index (χ4n) is 4.42. The molecule has 3 rings (SSSR count). The quantitative estimate of drug-likeness (QED) is 0.231. The van der Waals surface area contributed by atoms with Crippen molar-refractivity contribution in [1.82, 2.24) is 20.4 Å². The van der Waals surface area contributed by atoms with E-state index in [0.29, 0.717) is 19.0 Å². The molecular weight excluding hydrogens is 529 g/mol. The van der Waals surface area contributed by atoms with Gasteiger partial charge >= 0.3 is 0 Å². The minimum Gasteiger partial charge on any atom is -0.365 e. The topological polar surface area (TPSA) is 63.2 Å². The van der Waals surface area contributed by atoms with Gasteiger partial charge in [0.1, 0.15) is 17.3 Å². The van der Waals surface area contributed by atoms with Crippen molar-refractivity contribution in [3.05, 3.63) is 29.8 Å². The number of rotatable bonds is 7. The van der Waals surface area contributed by atoms with Gasteiger partial charge in [-0.2, -0.15) is 0 Å². The highest BCUT2D eigenvalue weighted by atomic mass is 127. The molecule has 2 heterocycles. The molecule has 2 unspecified atom stereocenters. The summed E-state index contributed by atoms with van der Waals surface area (Å²) in [5.41, 5.74) is 0.0437. The predicted molar refractivity (Wildman–Crippen MR) is 135 cm³/mol. The van der Waals surface area contributed by atoms with Gasteiger partial charge in [0.2, 0.25) is 5.91 Å². The van der Waals surface area contributed by atoms with Crippen LogP contribution in [0.15, 0.2) is 23.2 Å². The first-order valence-corrected chi connectivity index (χ1v) is 11.0. The van der Waals surface area contributed by atoms with Gasteiger partial charge in [-0.15, -0.1) is 24.0 Å². The third-order valence-electron chi connectivity index (χ3n) is 6.01. The Morgan fingerprint density at radius 3 is 2.59 bits per heavy atom. The Labute approximate surface area is 206 Å². The zero-order valence-corrected chi connectivity index (χ0v) is 21.4. The number of halogens is 3. The molecule has 7 nitrogen and oxygen atoms in total. The molecule has 2 atom stereocenters. The first kappa shape index (κ1) is 26.6. The number of para-hydroxylation sites is 1. The number of benzene rings is 1. The molecule has 2 aliphatic heterocycles. The summed E-state index contributed by atoms with van der Waals surface area (Å²) in [6, 6.07) is 4.02. The summed E-state index contributed by atoms with van der Waals surface area (Å²) in [5, 5.41) is 6.67. The number of aliphatic imine (C=N–C) groups is 1. The van der Waals surface area contributed by atoms with Crippen molar-refractivity contribution in [3.63, 3.8) is 0 Å². The lowest BCUT2D eigenvalue weighted by atomic mass is 10.2. The van der Waals surface area contributed by atoms with Gasteiger partial charge in [-0.3, -0.25) is 14.7 Å². The number of hydrogen-bond donors (Lipinski definition) is 2. The van der Waals surface area contributed by atoms with E-state index in [2.05, 4.69) is 20.5 Å². The standard InChI is InChI=1S/C22H34F2N6O.HI/c1-25-22(26-11-6-13-29-12-5-9-19(29)21(31)28(2)3)27-16-10-14-30(15-16)20-17(23)7-4-8-18(20)24;/h4,7-8,16,19H,5-6,9-15H2,1-3H3,(H2,25,26,27);1H. The molecule has 2 aliphatic rings. The van der Waals surface area contributed by atoms with Crippen LogP contribution in [0.5, 0.6) is 0 Å². The third kappa shape index (κ3) is 6.66. The average molecular weight is 564 g/mol. The first-order valence-electron chi connectivity index (χ1n) is 11.0. The van der Waals surface area contributed by atoms with Crippen LogP contribution in [0.1, 0.15) is 25.7 Å². The number of hydrogen-bond acceptors (Lipinski definition) is 4. The number of nitrogens with one attached hydrogen (secondary N) is 2. The maximum absolute atomic E-state index is 14.0. The number of likely N-dealkylation sites (tertiary alicyclic amines) is 1. The van der Waals surface area contributed by atoms with Crippen molar-refractivity contribution in [3.8, 4) is 0 Å². The summed E-state index contributed by atoms with van der Waals surface area (Å²) >= 11 is 0. The summed E-state index contributed by atoms with van der Waals surface area (Å²) in [6.07, 6.45) is 3.65. The molecule has 2 saturated heterocycles. The maximum atomic E-state index is 14.0. The van der Waals surface area contributed by atoms with Gasteiger partial charge in [-0.25, -0.2) is 8.78 Å².